The third-order valence-corrected chi connectivity index (χ3v) is 6.24. The van der Waals surface area contributed by atoms with Crippen molar-refractivity contribution in [1.29, 1.82) is 0 Å². The highest BCUT2D eigenvalue weighted by Crippen LogP contribution is 2.36. The smallest absolute Gasteiger partial charge is 0.367 e. The molecule has 1 aliphatic carbocycles. The van der Waals surface area contributed by atoms with Gasteiger partial charge in [0.05, 0.1) is 0 Å². The maximum Gasteiger partial charge on any atom is 0.421 e. The van der Waals surface area contributed by atoms with Crippen LogP contribution in [0.25, 0.3) is 0 Å². The van der Waals surface area contributed by atoms with Crippen LogP contribution in [0.2, 0.25) is 0 Å². The maximum atomic E-state index is 13.3. The molecule has 2 aliphatic heterocycles. The zero-order valence-corrected chi connectivity index (χ0v) is 17.3. The summed E-state index contributed by atoms with van der Waals surface area (Å²) in [6.07, 6.45) is 0.312. The van der Waals surface area contributed by atoms with E-state index in [4.69, 9.17) is 0 Å². The molecule has 0 bridgehead atoms. The summed E-state index contributed by atoms with van der Waals surface area (Å²) in [5.41, 5.74) is 2.55. The quantitative estimate of drug-likeness (QED) is 0.646. The first-order chi connectivity index (χ1) is 14.9. The number of anilines is 3. The topological polar surface area (TPSA) is 65.1 Å². The van der Waals surface area contributed by atoms with E-state index in [1.807, 2.05) is 6.07 Å². The molecule has 1 saturated heterocycles. The number of nitrogens with one attached hydrogen (secondary N) is 3. The summed E-state index contributed by atoms with van der Waals surface area (Å²) in [6, 6.07) is 6.19. The standard InChI is InChI=1S/C22H27F3N6/c23-22(24,25)19-11-27-21(30-20(19)28-17-3-4-17)29-18-2-1-16-13-31(8-6-15(16)9-18)12-14-5-7-26-10-14/h1-2,9,11,14,17,26H,3-8,10,12-13H2,(H2,27,28,29,30). The molecular weight excluding hydrogens is 405 g/mol. The van der Waals surface area contributed by atoms with Crippen molar-refractivity contribution in [3.05, 3.63) is 41.1 Å². The van der Waals surface area contributed by atoms with Crippen molar-refractivity contribution in [3.8, 4) is 0 Å². The predicted octanol–water partition coefficient (Wildman–Crippen LogP) is 3.78. The van der Waals surface area contributed by atoms with Crippen LogP contribution >= 0.6 is 0 Å². The third-order valence-electron chi connectivity index (χ3n) is 6.24. The fourth-order valence-electron chi connectivity index (χ4n) is 4.39. The van der Waals surface area contributed by atoms with Gasteiger partial charge in [0.15, 0.2) is 0 Å². The monoisotopic (exact) mass is 432 g/mol. The van der Waals surface area contributed by atoms with Crippen molar-refractivity contribution < 1.29 is 13.2 Å². The molecule has 3 aliphatic rings. The van der Waals surface area contributed by atoms with Gasteiger partial charge in [0.25, 0.3) is 0 Å². The van der Waals surface area contributed by atoms with Crippen LogP contribution in [0.4, 0.5) is 30.6 Å². The molecule has 1 saturated carbocycles. The summed E-state index contributed by atoms with van der Waals surface area (Å²) in [7, 11) is 0. The molecule has 3 heterocycles. The van der Waals surface area contributed by atoms with Crippen LogP contribution in [-0.2, 0) is 19.1 Å². The minimum Gasteiger partial charge on any atom is -0.367 e. The molecule has 6 nitrogen and oxygen atoms in total. The lowest BCUT2D eigenvalue weighted by Gasteiger charge is -2.31. The largest absolute Gasteiger partial charge is 0.421 e. The summed E-state index contributed by atoms with van der Waals surface area (Å²) in [5.74, 6) is 0.752. The summed E-state index contributed by atoms with van der Waals surface area (Å²) in [5, 5.41) is 9.39. The average Bonchev–Trinajstić information content (AvgIpc) is 3.39. The summed E-state index contributed by atoms with van der Waals surface area (Å²) in [6.45, 7) is 5.32. The molecule has 0 amide bonds. The zero-order valence-electron chi connectivity index (χ0n) is 17.3. The molecule has 31 heavy (non-hydrogen) atoms. The summed E-state index contributed by atoms with van der Waals surface area (Å²) >= 11 is 0. The molecule has 1 unspecified atom stereocenters. The van der Waals surface area contributed by atoms with Gasteiger partial charge in [-0.05, 0) is 68.0 Å². The molecular formula is C22H27F3N6. The van der Waals surface area contributed by atoms with Gasteiger partial charge < -0.3 is 16.0 Å². The third kappa shape index (κ3) is 4.93. The second-order valence-corrected chi connectivity index (χ2v) is 8.82. The van der Waals surface area contributed by atoms with Crippen LogP contribution in [0.3, 0.4) is 0 Å². The Morgan fingerprint density at radius 2 is 2.03 bits per heavy atom. The molecule has 1 atom stereocenters. The van der Waals surface area contributed by atoms with Crippen molar-refractivity contribution in [2.75, 3.05) is 36.8 Å². The van der Waals surface area contributed by atoms with Crippen molar-refractivity contribution in [1.82, 2.24) is 20.2 Å². The molecule has 0 spiro atoms. The Kier molecular flexibility index (Phi) is 5.47. The van der Waals surface area contributed by atoms with E-state index in [1.165, 1.54) is 17.5 Å². The Morgan fingerprint density at radius 1 is 1.16 bits per heavy atom. The highest BCUT2D eigenvalue weighted by molar-refractivity contribution is 5.59. The molecule has 166 valence electrons. The lowest BCUT2D eigenvalue weighted by atomic mass is 9.97. The van der Waals surface area contributed by atoms with Gasteiger partial charge >= 0.3 is 6.18 Å². The normalized spacial score (nSPS) is 21.7. The van der Waals surface area contributed by atoms with Crippen LogP contribution in [0.5, 0.6) is 0 Å². The first kappa shape index (κ1) is 20.5. The second kappa shape index (κ2) is 8.27. The number of halogens is 3. The Balaban J connectivity index is 1.28. The molecule has 1 aromatic carbocycles. The second-order valence-electron chi connectivity index (χ2n) is 8.82. The summed E-state index contributed by atoms with van der Waals surface area (Å²) in [4.78, 5) is 10.6. The molecule has 9 heteroatoms. The fourth-order valence-corrected chi connectivity index (χ4v) is 4.39. The number of aromatic nitrogens is 2. The van der Waals surface area contributed by atoms with Gasteiger partial charge in [-0.25, -0.2) is 4.98 Å². The van der Waals surface area contributed by atoms with Gasteiger partial charge in [-0.2, -0.15) is 18.2 Å². The van der Waals surface area contributed by atoms with Crippen LogP contribution in [-0.4, -0.2) is 47.1 Å². The zero-order chi connectivity index (χ0) is 21.4. The Morgan fingerprint density at radius 3 is 2.77 bits per heavy atom. The van der Waals surface area contributed by atoms with Crippen LogP contribution in [0.1, 0.15) is 36.0 Å². The van der Waals surface area contributed by atoms with Crippen LogP contribution in [0.15, 0.2) is 24.4 Å². The molecule has 3 N–H and O–H groups in total. The summed E-state index contributed by atoms with van der Waals surface area (Å²) < 4.78 is 39.8. The molecule has 2 aromatic rings. The van der Waals surface area contributed by atoms with E-state index in [2.05, 4.69) is 43.0 Å². The Labute approximate surface area is 179 Å². The van der Waals surface area contributed by atoms with E-state index in [0.29, 0.717) is 0 Å². The van der Waals surface area contributed by atoms with Gasteiger partial charge in [-0.3, -0.25) is 4.90 Å². The van der Waals surface area contributed by atoms with E-state index in [1.54, 1.807) is 0 Å². The van der Waals surface area contributed by atoms with Gasteiger partial charge in [0.1, 0.15) is 11.4 Å². The number of alkyl halides is 3. The number of nitrogens with zero attached hydrogens (tertiary/aromatic N) is 3. The first-order valence-corrected chi connectivity index (χ1v) is 11.0. The van der Waals surface area contributed by atoms with Gasteiger partial charge in [0, 0.05) is 37.6 Å². The van der Waals surface area contributed by atoms with E-state index in [9.17, 15) is 13.2 Å². The SMILES string of the molecule is FC(F)(F)c1cnc(Nc2ccc3c(c2)CCN(CC2CCNC2)C3)nc1NC1CC1. The van der Waals surface area contributed by atoms with Gasteiger partial charge in [-0.15, -0.1) is 0 Å². The number of fused-ring (bicyclic) bond motifs is 1. The molecule has 1 aromatic heterocycles. The minimum absolute atomic E-state index is 0.0653. The number of rotatable bonds is 6. The van der Waals surface area contributed by atoms with Crippen molar-refractivity contribution in [3.63, 3.8) is 0 Å². The van der Waals surface area contributed by atoms with E-state index in [0.717, 1.165) is 69.8 Å². The number of hydrogen-bond acceptors (Lipinski definition) is 6. The lowest BCUT2D eigenvalue weighted by Crippen LogP contribution is -2.35. The first-order valence-electron chi connectivity index (χ1n) is 11.0. The molecule has 0 radical (unpaired) electrons. The molecule has 2 fully saturated rings. The van der Waals surface area contributed by atoms with E-state index < -0.39 is 11.7 Å². The van der Waals surface area contributed by atoms with E-state index >= 15 is 0 Å². The lowest BCUT2D eigenvalue weighted by molar-refractivity contribution is -0.137. The van der Waals surface area contributed by atoms with Crippen molar-refractivity contribution >= 4 is 17.5 Å². The van der Waals surface area contributed by atoms with E-state index in [-0.39, 0.29) is 17.8 Å². The number of benzene rings is 1. The minimum atomic E-state index is -4.48. The van der Waals surface area contributed by atoms with Crippen molar-refractivity contribution in [2.45, 2.75) is 44.4 Å². The fraction of sp³-hybridized carbons (Fsp3) is 0.545. The highest BCUT2D eigenvalue weighted by Gasteiger charge is 2.37. The number of hydrogen-bond donors (Lipinski definition) is 3. The van der Waals surface area contributed by atoms with Gasteiger partial charge in [0.2, 0.25) is 5.95 Å². The highest BCUT2D eigenvalue weighted by atomic mass is 19.4. The molecule has 5 rings (SSSR count). The van der Waals surface area contributed by atoms with Crippen LogP contribution in [0, 0.1) is 5.92 Å². The van der Waals surface area contributed by atoms with Crippen LogP contribution < -0.4 is 16.0 Å². The maximum absolute atomic E-state index is 13.3. The van der Waals surface area contributed by atoms with Crippen molar-refractivity contribution in [2.24, 2.45) is 5.92 Å². The predicted molar refractivity (Wildman–Crippen MR) is 113 cm³/mol. The Hall–Kier alpha value is -2.39. The average molecular weight is 432 g/mol. The Bertz CT molecular complexity index is 937. The van der Waals surface area contributed by atoms with Gasteiger partial charge in [-0.1, -0.05) is 6.07 Å².